The molecular weight excluding hydrogens is 250 g/mol. The Morgan fingerprint density at radius 3 is 3.17 bits per heavy atom. The van der Waals surface area contributed by atoms with Crippen LogP contribution >= 0.6 is 11.3 Å². The normalized spacial score (nSPS) is 15.4. The zero-order chi connectivity index (χ0) is 13.0. The number of rotatable bonds is 6. The number of carbonyl (C=O) groups is 1. The molecule has 1 aromatic rings. The number of fused-ring (bicyclic) bond motifs is 1. The van der Waals surface area contributed by atoms with Crippen molar-refractivity contribution < 1.29 is 14.6 Å². The van der Waals surface area contributed by atoms with E-state index in [9.17, 15) is 9.90 Å². The van der Waals surface area contributed by atoms with Crippen LogP contribution in [0, 0.1) is 0 Å². The minimum atomic E-state index is -0.511. The van der Waals surface area contributed by atoms with Gasteiger partial charge >= 0.3 is 0 Å². The molecule has 0 spiro atoms. The molecule has 1 heterocycles. The summed E-state index contributed by atoms with van der Waals surface area (Å²) < 4.78 is 4.83. The van der Waals surface area contributed by atoms with Crippen molar-refractivity contribution in [3.8, 4) is 0 Å². The summed E-state index contributed by atoms with van der Waals surface area (Å²) in [5, 5.41) is 12.3. The molecule has 2 N–H and O–H groups in total. The molecule has 1 atom stereocenters. The third-order valence-electron chi connectivity index (χ3n) is 3.09. The van der Waals surface area contributed by atoms with Gasteiger partial charge in [0.05, 0.1) is 17.6 Å². The molecule has 0 aromatic carbocycles. The maximum Gasteiger partial charge on any atom is 0.261 e. The second kappa shape index (κ2) is 6.31. The van der Waals surface area contributed by atoms with E-state index in [-0.39, 0.29) is 5.91 Å². The Morgan fingerprint density at radius 2 is 2.44 bits per heavy atom. The minimum Gasteiger partial charge on any atom is -0.391 e. The molecule has 18 heavy (non-hydrogen) atoms. The van der Waals surface area contributed by atoms with Crippen LogP contribution in [0.3, 0.4) is 0 Å². The van der Waals surface area contributed by atoms with E-state index >= 15 is 0 Å². The summed E-state index contributed by atoms with van der Waals surface area (Å²) >= 11 is 1.60. The van der Waals surface area contributed by atoms with Crippen LogP contribution < -0.4 is 5.32 Å². The highest BCUT2D eigenvalue weighted by molar-refractivity contribution is 7.14. The van der Waals surface area contributed by atoms with Crippen LogP contribution in [0.2, 0.25) is 0 Å². The quantitative estimate of drug-likeness (QED) is 0.820. The highest BCUT2D eigenvalue weighted by Crippen LogP contribution is 2.30. The average molecular weight is 269 g/mol. The van der Waals surface area contributed by atoms with Gasteiger partial charge in [0, 0.05) is 18.5 Å². The molecule has 0 saturated carbocycles. The lowest BCUT2D eigenvalue weighted by atomic mass is 10.2. The summed E-state index contributed by atoms with van der Waals surface area (Å²) in [5.41, 5.74) is 1.34. The van der Waals surface area contributed by atoms with Crippen LogP contribution in [-0.4, -0.2) is 37.4 Å². The number of aliphatic hydroxyl groups is 1. The molecule has 0 saturated heterocycles. The number of hydrogen-bond acceptors (Lipinski definition) is 4. The molecule has 1 aromatic heterocycles. The van der Waals surface area contributed by atoms with Crippen LogP contribution in [0.4, 0.5) is 0 Å². The number of aliphatic hydroxyl groups excluding tert-OH is 1. The summed E-state index contributed by atoms with van der Waals surface area (Å²) in [4.78, 5) is 14.0. The van der Waals surface area contributed by atoms with Crippen LogP contribution in [0.15, 0.2) is 6.07 Å². The molecule has 1 aliphatic carbocycles. The van der Waals surface area contributed by atoms with Crippen molar-refractivity contribution in [2.45, 2.75) is 31.8 Å². The first-order chi connectivity index (χ1) is 8.70. The van der Waals surface area contributed by atoms with Crippen molar-refractivity contribution in [2.75, 3.05) is 20.3 Å². The van der Waals surface area contributed by atoms with Crippen LogP contribution in [0.5, 0.6) is 0 Å². The van der Waals surface area contributed by atoms with Crippen LogP contribution in [-0.2, 0) is 17.6 Å². The van der Waals surface area contributed by atoms with Gasteiger partial charge in [-0.2, -0.15) is 0 Å². The van der Waals surface area contributed by atoms with E-state index in [1.807, 2.05) is 6.07 Å². The Balaban J connectivity index is 1.77. The Kier molecular flexibility index (Phi) is 4.74. The van der Waals surface area contributed by atoms with E-state index in [0.717, 1.165) is 17.7 Å². The van der Waals surface area contributed by atoms with Crippen molar-refractivity contribution in [3.05, 3.63) is 21.4 Å². The molecule has 2 rings (SSSR count). The fourth-order valence-electron chi connectivity index (χ4n) is 2.16. The number of amides is 1. The average Bonchev–Trinajstić information content (AvgIpc) is 2.89. The molecule has 4 nitrogen and oxygen atoms in total. The lowest BCUT2D eigenvalue weighted by Crippen LogP contribution is -2.27. The van der Waals surface area contributed by atoms with Crippen molar-refractivity contribution in [3.63, 3.8) is 0 Å². The predicted octanol–water partition coefficient (Wildman–Crippen LogP) is 1.36. The summed E-state index contributed by atoms with van der Waals surface area (Å²) in [6, 6.07) is 2.01. The largest absolute Gasteiger partial charge is 0.391 e. The lowest BCUT2D eigenvalue weighted by molar-refractivity contribution is 0.0588. The van der Waals surface area contributed by atoms with E-state index in [4.69, 9.17) is 4.74 Å². The van der Waals surface area contributed by atoms with Gasteiger partial charge in [-0.05, 0) is 37.3 Å². The van der Waals surface area contributed by atoms with Gasteiger partial charge in [0.25, 0.3) is 5.91 Å². The van der Waals surface area contributed by atoms with E-state index in [0.29, 0.717) is 19.6 Å². The lowest BCUT2D eigenvalue weighted by Gasteiger charge is -2.09. The molecule has 1 unspecified atom stereocenters. The Hall–Kier alpha value is -0.910. The van der Waals surface area contributed by atoms with Gasteiger partial charge in [-0.25, -0.2) is 0 Å². The molecule has 1 aliphatic rings. The van der Waals surface area contributed by atoms with Gasteiger partial charge < -0.3 is 15.2 Å². The highest BCUT2D eigenvalue weighted by Gasteiger charge is 2.18. The smallest absolute Gasteiger partial charge is 0.261 e. The first-order valence-electron chi connectivity index (χ1n) is 6.27. The Labute approximate surface area is 111 Å². The van der Waals surface area contributed by atoms with E-state index in [2.05, 4.69) is 5.32 Å². The third-order valence-corrected chi connectivity index (χ3v) is 4.33. The molecule has 5 heteroatoms. The molecule has 0 radical (unpaired) electrons. The zero-order valence-electron chi connectivity index (χ0n) is 10.6. The Bertz CT molecular complexity index is 395. The highest BCUT2D eigenvalue weighted by atomic mass is 32.1. The third kappa shape index (κ3) is 3.31. The first kappa shape index (κ1) is 13.5. The van der Waals surface area contributed by atoms with Gasteiger partial charge in [-0.15, -0.1) is 11.3 Å². The van der Waals surface area contributed by atoms with Crippen molar-refractivity contribution in [1.29, 1.82) is 0 Å². The summed E-state index contributed by atoms with van der Waals surface area (Å²) in [7, 11) is 1.55. The summed E-state index contributed by atoms with van der Waals surface area (Å²) in [5.74, 6) is -0.0287. The summed E-state index contributed by atoms with van der Waals surface area (Å²) in [6.07, 6.45) is 3.44. The van der Waals surface area contributed by atoms with E-state index in [1.165, 1.54) is 16.9 Å². The molecule has 0 aliphatic heterocycles. The fraction of sp³-hybridized carbons (Fsp3) is 0.615. The van der Waals surface area contributed by atoms with Gasteiger partial charge in [0.15, 0.2) is 0 Å². The number of aryl methyl sites for hydroxylation is 2. The molecular formula is C13H19NO3S. The van der Waals surface area contributed by atoms with Gasteiger partial charge in [0.2, 0.25) is 0 Å². The second-order valence-corrected chi connectivity index (χ2v) is 5.70. The maximum atomic E-state index is 11.9. The molecule has 1 amide bonds. The number of hydrogen-bond donors (Lipinski definition) is 2. The van der Waals surface area contributed by atoms with Crippen molar-refractivity contribution in [1.82, 2.24) is 5.32 Å². The Morgan fingerprint density at radius 1 is 1.61 bits per heavy atom. The number of nitrogens with one attached hydrogen (secondary N) is 1. The van der Waals surface area contributed by atoms with E-state index < -0.39 is 6.10 Å². The molecule has 0 fully saturated rings. The predicted molar refractivity (Wildman–Crippen MR) is 71.2 cm³/mol. The number of carbonyl (C=O) groups excluding carboxylic acids is 1. The topological polar surface area (TPSA) is 58.6 Å². The van der Waals surface area contributed by atoms with E-state index in [1.54, 1.807) is 18.4 Å². The minimum absolute atomic E-state index is 0.0287. The number of thiophene rings is 1. The van der Waals surface area contributed by atoms with Gasteiger partial charge in [0.1, 0.15) is 0 Å². The van der Waals surface area contributed by atoms with Crippen LogP contribution in [0.1, 0.15) is 33.0 Å². The molecule has 100 valence electrons. The maximum absolute atomic E-state index is 11.9. The molecule has 0 bridgehead atoms. The van der Waals surface area contributed by atoms with Crippen molar-refractivity contribution >= 4 is 17.2 Å². The summed E-state index contributed by atoms with van der Waals surface area (Å²) in [6.45, 7) is 0.787. The zero-order valence-corrected chi connectivity index (χ0v) is 11.4. The second-order valence-electron chi connectivity index (χ2n) is 4.57. The van der Waals surface area contributed by atoms with Gasteiger partial charge in [-0.1, -0.05) is 0 Å². The SMILES string of the molecule is COCC(O)CCNC(=O)c1cc2c(s1)CCC2. The monoisotopic (exact) mass is 269 g/mol. The fourth-order valence-corrected chi connectivity index (χ4v) is 3.33. The van der Waals surface area contributed by atoms with Gasteiger partial charge in [-0.3, -0.25) is 4.79 Å². The first-order valence-corrected chi connectivity index (χ1v) is 7.09. The number of ether oxygens (including phenoxy) is 1. The standard InChI is InChI=1S/C13H19NO3S/c1-17-8-10(15)5-6-14-13(16)12-7-9-3-2-4-11(9)18-12/h7,10,15H,2-6,8H2,1H3,(H,14,16). The van der Waals surface area contributed by atoms with Crippen LogP contribution in [0.25, 0.3) is 0 Å². The number of methoxy groups -OCH3 is 1. The van der Waals surface area contributed by atoms with Crippen molar-refractivity contribution in [2.24, 2.45) is 0 Å².